The molecule has 0 unspecified atom stereocenters. The Labute approximate surface area is 110 Å². The Hall–Kier alpha value is 0.700. The fraction of sp³-hybridized carbons (Fsp3) is 0.250. The van der Waals surface area contributed by atoms with Gasteiger partial charge in [-0.05, 0) is 57.1 Å². The van der Waals surface area contributed by atoms with Crippen LogP contribution in [0, 0.1) is 10.5 Å². The van der Waals surface area contributed by atoms with E-state index in [0.29, 0.717) is 8.04 Å². The minimum absolute atomic E-state index is 0.0646. The average molecular weight is 444 g/mol. The summed E-state index contributed by atoms with van der Waals surface area (Å²) < 4.78 is 39.0. The highest BCUT2D eigenvalue weighted by atomic mass is 127. The van der Waals surface area contributed by atoms with Gasteiger partial charge in [0.05, 0.1) is 5.56 Å². The van der Waals surface area contributed by atoms with Gasteiger partial charge in [-0.1, -0.05) is 15.9 Å². The van der Waals surface area contributed by atoms with Crippen LogP contribution in [-0.2, 0) is 6.18 Å². The molecule has 1 aromatic carbocycles. The van der Waals surface area contributed by atoms with Crippen LogP contribution in [0.3, 0.4) is 0 Å². The molecule has 0 aliphatic rings. The van der Waals surface area contributed by atoms with Crippen LogP contribution in [-0.4, -0.2) is 0 Å². The molecule has 0 saturated heterocycles. The molecule has 0 N–H and O–H groups in total. The van der Waals surface area contributed by atoms with E-state index in [-0.39, 0.29) is 10.0 Å². The van der Waals surface area contributed by atoms with E-state index >= 15 is 0 Å². The van der Waals surface area contributed by atoms with Crippen molar-refractivity contribution < 1.29 is 13.2 Å². The summed E-state index contributed by atoms with van der Waals surface area (Å²) in [5, 5.41) is 0. The lowest BCUT2D eigenvalue weighted by molar-refractivity contribution is -0.138. The topological polar surface area (TPSA) is 0 Å². The summed E-state index contributed by atoms with van der Waals surface area (Å²) in [6.07, 6.45) is -4.32. The van der Waals surface area contributed by atoms with Gasteiger partial charge in [0.25, 0.3) is 0 Å². The highest BCUT2D eigenvalue weighted by Gasteiger charge is 2.35. The lowest BCUT2D eigenvalue weighted by Gasteiger charge is -2.14. The van der Waals surface area contributed by atoms with Crippen LogP contribution in [0.4, 0.5) is 13.2 Å². The van der Waals surface area contributed by atoms with Crippen molar-refractivity contribution in [3.05, 3.63) is 29.7 Å². The number of halogens is 6. The molecule has 0 saturated carbocycles. The molecule has 0 nitrogen and oxygen atoms in total. The highest BCUT2D eigenvalue weighted by Crippen LogP contribution is 2.41. The zero-order valence-corrected chi connectivity index (χ0v) is 12.2. The molecular formula is C8H4Br2F3I. The van der Waals surface area contributed by atoms with Crippen LogP contribution in [0.2, 0.25) is 0 Å². The molecule has 0 fully saturated rings. The Morgan fingerprint density at radius 1 is 1.21 bits per heavy atom. The van der Waals surface area contributed by atoms with Crippen LogP contribution >= 0.6 is 54.5 Å². The Morgan fingerprint density at radius 3 is 2.14 bits per heavy atom. The van der Waals surface area contributed by atoms with Crippen molar-refractivity contribution in [1.29, 1.82) is 0 Å². The quantitative estimate of drug-likeness (QED) is 0.384. The van der Waals surface area contributed by atoms with Crippen molar-refractivity contribution in [2.45, 2.75) is 13.1 Å². The van der Waals surface area contributed by atoms with Crippen LogP contribution < -0.4 is 0 Å². The third-order valence-corrected chi connectivity index (χ3v) is 5.07. The van der Waals surface area contributed by atoms with Gasteiger partial charge in [0.15, 0.2) is 0 Å². The second-order valence-electron chi connectivity index (χ2n) is 2.65. The van der Waals surface area contributed by atoms with Gasteiger partial charge in [0.1, 0.15) is 0 Å². The van der Waals surface area contributed by atoms with Crippen molar-refractivity contribution in [3.63, 3.8) is 0 Å². The first-order valence-corrected chi connectivity index (χ1v) is 6.13. The molecular weight excluding hydrogens is 440 g/mol. The lowest BCUT2D eigenvalue weighted by atomic mass is 10.1. The summed E-state index contributed by atoms with van der Waals surface area (Å²) in [4.78, 5) is 0. The van der Waals surface area contributed by atoms with E-state index in [1.165, 1.54) is 13.0 Å². The van der Waals surface area contributed by atoms with Gasteiger partial charge in [0, 0.05) is 12.5 Å². The van der Waals surface area contributed by atoms with Crippen LogP contribution in [0.15, 0.2) is 15.0 Å². The van der Waals surface area contributed by atoms with Crippen molar-refractivity contribution in [3.8, 4) is 0 Å². The first kappa shape index (κ1) is 12.8. The normalized spacial score (nSPS) is 11.9. The van der Waals surface area contributed by atoms with Crippen LogP contribution in [0.1, 0.15) is 11.1 Å². The molecule has 14 heavy (non-hydrogen) atoms. The second kappa shape index (κ2) is 4.29. The maximum atomic E-state index is 12.6. The zero-order valence-electron chi connectivity index (χ0n) is 6.85. The lowest BCUT2D eigenvalue weighted by Crippen LogP contribution is -2.10. The Kier molecular flexibility index (Phi) is 3.91. The molecule has 0 atom stereocenters. The fourth-order valence-electron chi connectivity index (χ4n) is 1.06. The SMILES string of the molecule is Cc1c(I)c(Br)cc(Br)c1C(F)(F)F. The predicted octanol–water partition coefficient (Wildman–Crippen LogP) is 5.14. The Morgan fingerprint density at radius 2 is 1.71 bits per heavy atom. The molecule has 0 radical (unpaired) electrons. The van der Waals surface area contributed by atoms with Gasteiger partial charge >= 0.3 is 6.18 Å². The Bertz CT molecular complexity index is 374. The van der Waals surface area contributed by atoms with Crippen LogP contribution in [0.5, 0.6) is 0 Å². The van der Waals surface area contributed by atoms with Gasteiger partial charge in [0.2, 0.25) is 0 Å². The van der Waals surface area contributed by atoms with Crippen molar-refractivity contribution in [2.75, 3.05) is 0 Å². The molecule has 78 valence electrons. The van der Waals surface area contributed by atoms with Gasteiger partial charge in [-0.25, -0.2) is 0 Å². The molecule has 6 heteroatoms. The molecule has 0 heterocycles. The first-order chi connectivity index (χ1) is 6.25. The summed E-state index contributed by atoms with van der Waals surface area (Å²) in [5.74, 6) is 0. The first-order valence-electron chi connectivity index (χ1n) is 3.46. The van der Waals surface area contributed by atoms with Gasteiger partial charge in [-0.15, -0.1) is 0 Å². The molecule has 0 aliphatic carbocycles. The maximum Gasteiger partial charge on any atom is 0.417 e. The maximum absolute atomic E-state index is 12.6. The predicted molar refractivity (Wildman–Crippen MR) is 64.3 cm³/mol. The van der Waals surface area contributed by atoms with E-state index < -0.39 is 11.7 Å². The number of benzene rings is 1. The molecule has 0 aliphatic heterocycles. The number of rotatable bonds is 0. The van der Waals surface area contributed by atoms with E-state index in [9.17, 15) is 13.2 Å². The van der Waals surface area contributed by atoms with Crippen molar-refractivity contribution in [1.82, 2.24) is 0 Å². The van der Waals surface area contributed by atoms with Crippen LogP contribution in [0.25, 0.3) is 0 Å². The standard InChI is InChI=1S/C8H4Br2F3I/c1-3-6(8(11,12)13)4(9)2-5(10)7(3)14/h2H,1H3. The van der Waals surface area contributed by atoms with Gasteiger partial charge < -0.3 is 0 Å². The average Bonchev–Trinajstić information content (AvgIpc) is 1.97. The summed E-state index contributed by atoms with van der Waals surface area (Å²) in [6.45, 7) is 1.46. The molecule has 0 bridgehead atoms. The highest BCUT2D eigenvalue weighted by molar-refractivity contribution is 14.1. The smallest absolute Gasteiger partial charge is 0.166 e. The largest absolute Gasteiger partial charge is 0.417 e. The van der Waals surface area contributed by atoms with E-state index in [1.54, 1.807) is 0 Å². The third-order valence-electron chi connectivity index (χ3n) is 1.69. The molecule has 1 aromatic rings. The van der Waals surface area contributed by atoms with E-state index in [0.717, 1.165) is 0 Å². The van der Waals surface area contributed by atoms with E-state index in [1.807, 2.05) is 22.6 Å². The van der Waals surface area contributed by atoms with Crippen molar-refractivity contribution >= 4 is 54.5 Å². The minimum Gasteiger partial charge on any atom is -0.166 e. The zero-order chi connectivity index (χ0) is 11.1. The van der Waals surface area contributed by atoms with Gasteiger partial charge in [-0.2, -0.15) is 13.2 Å². The minimum atomic E-state index is -4.32. The molecule has 0 aromatic heterocycles. The molecule has 1 rings (SSSR count). The summed E-state index contributed by atoms with van der Waals surface area (Å²) in [5.41, 5.74) is -0.371. The fourth-order valence-corrected chi connectivity index (χ4v) is 3.07. The summed E-state index contributed by atoms with van der Waals surface area (Å²) in [6, 6.07) is 1.41. The third kappa shape index (κ3) is 2.44. The van der Waals surface area contributed by atoms with Crippen molar-refractivity contribution in [2.24, 2.45) is 0 Å². The molecule has 0 amide bonds. The molecule has 0 spiro atoms. The van der Waals surface area contributed by atoms with E-state index in [4.69, 9.17) is 0 Å². The monoisotopic (exact) mass is 442 g/mol. The number of hydrogen-bond acceptors (Lipinski definition) is 0. The Balaban J connectivity index is 3.53. The number of alkyl halides is 3. The summed E-state index contributed by atoms with van der Waals surface area (Å²) in [7, 11) is 0. The summed E-state index contributed by atoms with van der Waals surface area (Å²) >= 11 is 7.99. The van der Waals surface area contributed by atoms with Gasteiger partial charge in [-0.3, -0.25) is 0 Å². The van der Waals surface area contributed by atoms with E-state index in [2.05, 4.69) is 31.9 Å². The number of hydrogen-bond donors (Lipinski definition) is 0. The second-order valence-corrected chi connectivity index (χ2v) is 5.44.